The Bertz CT molecular complexity index is 352. The third kappa shape index (κ3) is 2.47. The summed E-state index contributed by atoms with van der Waals surface area (Å²) in [5.74, 6) is 1.80. The molecule has 0 amide bonds. The van der Waals surface area contributed by atoms with Crippen molar-refractivity contribution in [2.75, 3.05) is 20.2 Å². The van der Waals surface area contributed by atoms with Crippen LogP contribution < -0.4 is 10.1 Å². The van der Waals surface area contributed by atoms with Gasteiger partial charge in [0.25, 0.3) is 0 Å². The van der Waals surface area contributed by atoms with E-state index in [4.69, 9.17) is 4.74 Å². The molecule has 0 spiro atoms. The Labute approximate surface area is 104 Å². The van der Waals surface area contributed by atoms with Crippen LogP contribution in [0.3, 0.4) is 0 Å². The number of methoxy groups -OCH3 is 1. The van der Waals surface area contributed by atoms with Gasteiger partial charge >= 0.3 is 0 Å². The Kier molecular flexibility index (Phi) is 3.72. The fourth-order valence-electron chi connectivity index (χ4n) is 3.07. The lowest BCUT2D eigenvalue weighted by molar-refractivity contribution is 0.153. The maximum atomic E-state index is 5.22. The van der Waals surface area contributed by atoms with E-state index >= 15 is 0 Å². The standard InChI is InChI=1S/C15H23NO/c1-4-16-11-15(9-12(2)10-15)13-5-7-14(17-3)8-6-13/h5-8,12,16H,4,9-11H2,1-3H3. The average molecular weight is 233 g/mol. The molecule has 0 saturated heterocycles. The number of hydrogen-bond acceptors (Lipinski definition) is 2. The zero-order chi connectivity index (χ0) is 12.3. The number of hydrogen-bond donors (Lipinski definition) is 1. The van der Waals surface area contributed by atoms with Gasteiger partial charge in [-0.1, -0.05) is 26.0 Å². The minimum atomic E-state index is 0.363. The first-order chi connectivity index (χ1) is 8.20. The molecule has 1 aliphatic rings. The van der Waals surface area contributed by atoms with Crippen LogP contribution in [0.15, 0.2) is 24.3 Å². The maximum Gasteiger partial charge on any atom is 0.118 e. The SMILES string of the molecule is CCNCC1(c2ccc(OC)cc2)CC(C)C1. The summed E-state index contributed by atoms with van der Waals surface area (Å²) in [6.07, 6.45) is 2.60. The van der Waals surface area contributed by atoms with Crippen molar-refractivity contribution in [1.29, 1.82) is 0 Å². The predicted molar refractivity (Wildman–Crippen MR) is 71.6 cm³/mol. The number of nitrogens with one attached hydrogen (secondary N) is 1. The van der Waals surface area contributed by atoms with Crippen molar-refractivity contribution < 1.29 is 4.74 Å². The average Bonchev–Trinajstić information content (AvgIpc) is 2.33. The summed E-state index contributed by atoms with van der Waals surface area (Å²) < 4.78 is 5.22. The first-order valence-electron chi connectivity index (χ1n) is 6.55. The van der Waals surface area contributed by atoms with Crippen LogP contribution in [0, 0.1) is 5.92 Å². The first kappa shape index (κ1) is 12.4. The van der Waals surface area contributed by atoms with Gasteiger partial charge in [-0.3, -0.25) is 0 Å². The van der Waals surface area contributed by atoms with E-state index in [1.54, 1.807) is 7.11 Å². The summed E-state index contributed by atoms with van der Waals surface area (Å²) in [5.41, 5.74) is 1.82. The molecule has 2 nitrogen and oxygen atoms in total. The topological polar surface area (TPSA) is 21.3 Å². The second-order valence-electron chi connectivity index (χ2n) is 5.30. The molecule has 0 aromatic heterocycles. The van der Waals surface area contributed by atoms with Crippen LogP contribution in [0.4, 0.5) is 0 Å². The van der Waals surface area contributed by atoms with Crippen molar-refractivity contribution in [2.24, 2.45) is 5.92 Å². The molecule has 1 saturated carbocycles. The summed E-state index contributed by atoms with van der Waals surface area (Å²) in [6.45, 7) is 6.66. The molecule has 2 rings (SSSR count). The maximum absolute atomic E-state index is 5.22. The van der Waals surface area contributed by atoms with Crippen LogP contribution in [0.5, 0.6) is 5.75 Å². The van der Waals surface area contributed by atoms with Crippen molar-refractivity contribution in [3.05, 3.63) is 29.8 Å². The molecule has 1 aliphatic carbocycles. The van der Waals surface area contributed by atoms with Crippen LogP contribution in [-0.2, 0) is 5.41 Å². The first-order valence-corrected chi connectivity index (χ1v) is 6.55. The largest absolute Gasteiger partial charge is 0.497 e. The van der Waals surface area contributed by atoms with E-state index < -0.39 is 0 Å². The molecule has 1 aromatic rings. The van der Waals surface area contributed by atoms with Crippen molar-refractivity contribution >= 4 is 0 Å². The van der Waals surface area contributed by atoms with Gasteiger partial charge in [-0.05, 0) is 43.0 Å². The summed E-state index contributed by atoms with van der Waals surface area (Å²) in [5, 5.41) is 3.51. The van der Waals surface area contributed by atoms with Gasteiger partial charge in [-0.15, -0.1) is 0 Å². The van der Waals surface area contributed by atoms with E-state index in [1.807, 2.05) is 0 Å². The number of ether oxygens (including phenoxy) is 1. The number of rotatable bonds is 5. The Morgan fingerprint density at radius 3 is 2.41 bits per heavy atom. The predicted octanol–water partition coefficient (Wildman–Crippen LogP) is 2.97. The minimum Gasteiger partial charge on any atom is -0.497 e. The fraction of sp³-hybridized carbons (Fsp3) is 0.600. The number of benzene rings is 1. The Hall–Kier alpha value is -1.02. The van der Waals surface area contributed by atoms with E-state index in [0.717, 1.165) is 24.8 Å². The monoisotopic (exact) mass is 233 g/mol. The lowest BCUT2D eigenvalue weighted by Crippen LogP contribution is -2.47. The smallest absolute Gasteiger partial charge is 0.118 e. The number of likely N-dealkylation sites (N-methyl/N-ethyl adjacent to an activating group) is 1. The third-order valence-corrected chi connectivity index (χ3v) is 3.89. The van der Waals surface area contributed by atoms with Crippen LogP contribution in [0.2, 0.25) is 0 Å². The lowest BCUT2D eigenvalue weighted by atomic mass is 9.59. The van der Waals surface area contributed by atoms with Gasteiger partial charge in [0.2, 0.25) is 0 Å². The molecule has 0 unspecified atom stereocenters. The molecule has 1 aromatic carbocycles. The Morgan fingerprint density at radius 1 is 1.29 bits per heavy atom. The Balaban J connectivity index is 2.14. The molecular formula is C15H23NO. The van der Waals surface area contributed by atoms with Crippen molar-refractivity contribution in [3.63, 3.8) is 0 Å². The second-order valence-corrected chi connectivity index (χ2v) is 5.30. The van der Waals surface area contributed by atoms with Crippen molar-refractivity contribution in [1.82, 2.24) is 5.32 Å². The molecule has 1 fully saturated rings. The van der Waals surface area contributed by atoms with Gasteiger partial charge in [-0.2, -0.15) is 0 Å². The molecule has 1 N–H and O–H groups in total. The highest BCUT2D eigenvalue weighted by Crippen LogP contribution is 2.47. The van der Waals surface area contributed by atoms with Gasteiger partial charge in [0.1, 0.15) is 5.75 Å². The van der Waals surface area contributed by atoms with E-state index in [9.17, 15) is 0 Å². The Morgan fingerprint density at radius 2 is 1.94 bits per heavy atom. The quantitative estimate of drug-likeness (QED) is 0.844. The fourth-order valence-corrected chi connectivity index (χ4v) is 3.07. The van der Waals surface area contributed by atoms with Crippen LogP contribution in [0.25, 0.3) is 0 Å². The molecule has 0 bridgehead atoms. The summed E-state index contributed by atoms with van der Waals surface area (Å²) >= 11 is 0. The van der Waals surface area contributed by atoms with E-state index in [-0.39, 0.29) is 0 Å². The highest BCUT2D eigenvalue weighted by molar-refractivity contribution is 5.34. The molecule has 17 heavy (non-hydrogen) atoms. The molecule has 94 valence electrons. The molecule has 2 heteroatoms. The van der Waals surface area contributed by atoms with E-state index in [1.165, 1.54) is 18.4 Å². The molecule has 0 aliphatic heterocycles. The van der Waals surface area contributed by atoms with Gasteiger partial charge in [0, 0.05) is 12.0 Å². The zero-order valence-corrected chi connectivity index (χ0v) is 11.1. The van der Waals surface area contributed by atoms with Crippen LogP contribution >= 0.6 is 0 Å². The van der Waals surface area contributed by atoms with E-state index in [2.05, 4.69) is 43.4 Å². The molecule has 0 radical (unpaired) electrons. The van der Waals surface area contributed by atoms with Gasteiger partial charge < -0.3 is 10.1 Å². The zero-order valence-electron chi connectivity index (χ0n) is 11.1. The summed E-state index contributed by atoms with van der Waals surface area (Å²) in [6, 6.07) is 8.60. The highest BCUT2D eigenvalue weighted by Gasteiger charge is 2.42. The van der Waals surface area contributed by atoms with E-state index in [0.29, 0.717) is 5.41 Å². The molecule has 0 heterocycles. The van der Waals surface area contributed by atoms with Crippen molar-refractivity contribution in [3.8, 4) is 5.75 Å². The third-order valence-electron chi connectivity index (χ3n) is 3.89. The second kappa shape index (κ2) is 5.09. The van der Waals surface area contributed by atoms with Gasteiger partial charge in [0.15, 0.2) is 0 Å². The normalized spacial score (nSPS) is 27.6. The molecule has 0 atom stereocenters. The van der Waals surface area contributed by atoms with Crippen LogP contribution in [0.1, 0.15) is 32.3 Å². The lowest BCUT2D eigenvalue weighted by Gasteiger charge is -2.47. The molecular weight excluding hydrogens is 210 g/mol. The van der Waals surface area contributed by atoms with Crippen molar-refractivity contribution in [2.45, 2.75) is 32.1 Å². The summed E-state index contributed by atoms with van der Waals surface area (Å²) in [4.78, 5) is 0. The minimum absolute atomic E-state index is 0.363. The summed E-state index contributed by atoms with van der Waals surface area (Å²) in [7, 11) is 1.72. The van der Waals surface area contributed by atoms with Gasteiger partial charge in [0.05, 0.1) is 7.11 Å². The van der Waals surface area contributed by atoms with Crippen LogP contribution in [-0.4, -0.2) is 20.2 Å². The van der Waals surface area contributed by atoms with Gasteiger partial charge in [-0.25, -0.2) is 0 Å². The highest BCUT2D eigenvalue weighted by atomic mass is 16.5.